The van der Waals surface area contributed by atoms with Crippen LogP contribution in [0.3, 0.4) is 0 Å². The van der Waals surface area contributed by atoms with Gasteiger partial charge in [0.25, 0.3) is 5.91 Å². The highest BCUT2D eigenvalue weighted by atomic mass is 79.9. The third-order valence-electron chi connectivity index (χ3n) is 3.06. The van der Waals surface area contributed by atoms with Crippen LogP contribution in [0.25, 0.3) is 0 Å². The van der Waals surface area contributed by atoms with Crippen molar-refractivity contribution in [3.8, 4) is 0 Å². The number of likely N-dealkylation sites (N-methyl/N-ethyl adjacent to an activating group) is 1. The van der Waals surface area contributed by atoms with Gasteiger partial charge in [-0.05, 0) is 42.2 Å². The van der Waals surface area contributed by atoms with Crippen LogP contribution in [0.5, 0.6) is 0 Å². The molecule has 1 amide bonds. The molecule has 0 saturated carbocycles. The maximum Gasteiger partial charge on any atom is 0.255 e. The summed E-state index contributed by atoms with van der Waals surface area (Å²) in [6.45, 7) is 1.41. The fraction of sp³-hybridized carbons (Fsp3) is 0.417. The van der Waals surface area contributed by atoms with Crippen LogP contribution < -0.4 is 0 Å². The Morgan fingerprint density at radius 2 is 2.12 bits per heavy atom. The molecule has 0 bridgehead atoms. The van der Waals surface area contributed by atoms with Crippen molar-refractivity contribution in [2.45, 2.75) is 6.04 Å². The lowest BCUT2D eigenvalue weighted by Crippen LogP contribution is -2.59. The molecule has 0 aromatic heterocycles. The van der Waals surface area contributed by atoms with Gasteiger partial charge in [-0.2, -0.15) is 0 Å². The van der Waals surface area contributed by atoms with Gasteiger partial charge < -0.3 is 9.80 Å². The Morgan fingerprint density at radius 3 is 2.71 bits per heavy atom. The standard InChI is InChI=1S/C12H14BrFN2O/c1-15(2)8-6-16(7-8)12(17)9-4-3-5-10(14)11(9)13/h3-5,8H,6-7H2,1-2H3. The number of nitrogens with zero attached hydrogens (tertiary/aromatic N) is 2. The summed E-state index contributed by atoms with van der Waals surface area (Å²) in [5.41, 5.74) is 0.391. The minimum atomic E-state index is -0.402. The molecule has 1 fully saturated rings. The lowest BCUT2D eigenvalue weighted by molar-refractivity contribution is 0.0398. The fourth-order valence-corrected chi connectivity index (χ4v) is 2.22. The molecule has 5 heteroatoms. The number of amides is 1. The molecule has 0 aliphatic carbocycles. The molecular formula is C12H14BrFN2O. The number of halogens is 2. The number of benzene rings is 1. The zero-order valence-corrected chi connectivity index (χ0v) is 11.4. The second kappa shape index (κ2) is 4.74. The van der Waals surface area contributed by atoms with Crippen LogP contribution >= 0.6 is 15.9 Å². The molecule has 2 rings (SSSR count). The van der Waals surface area contributed by atoms with Crippen molar-refractivity contribution in [1.29, 1.82) is 0 Å². The molecule has 92 valence electrons. The predicted octanol–water partition coefficient (Wildman–Crippen LogP) is 1.97. The number of carbonyl (C=O) groups is 1. The van der Waals surface area contributed by atoms with Gasteiger partial charge in [-0.25, -0.2) is 4.39 Å². The Balaban J connectivity index is 2.09. The molecule has 1 aliphatic rings. The average Bonchev–Trinajstić information content (AvgIpc) is 2.19. The highest BCUT2D eigenvalue weighted by molar-refractivity contribution is 9.10. The van der Waals surface area contributed by atoms with E-state index in [9.17, 15) is 9.18 Å². The first-order valence-corrected chi connectivity index (χ1v) is 6.19. The first kappa shape index (κ1) is 12.5. The fourth-order valence-electron chi connectivity index (χ4n) is 1.79. The van der Waals surface area contributed by atoms with Crippen molar-refractivity contribution in [2.24, 2.45) is 0 Å². The van der Waals surface area contributed by atoms with Crippen LogP contribution in [-0.2, 0) is 0 Å². The summed E-state index contributed by atoms with van der Waals surface area (Å²) in [4.78, 5) is 15.9. The summed E-state index contributed by atoms with van der Waals surface area (Å²) >= 11 is 3.11. The number of carbonyl (C=O) groups excluding carboxylic acids is 1. The van der Waals surface area contributed by atoms with Gasteiger partial charge in [-0.3, -0.25) is 4.79 Å². The average molecular weight is 301 g/mol. The van der Waals surface area contributed by atoms with Gasteiger partial charge in [-0.1, -0.05) is 6.07 Å². The molecule has 3 nitrogen and oxygen atoms in total. The molecule has 1 saturated heterocycles. The topological polar surface area (TPSA) is 23.6 Å². The third kappa shape index (κ3) is 2.35. The molecule has 0 spiro atoms. The molecule has 1 aromatic rings. The van der Waals surface area contributed by atoms with Gasteiger partial charge in [0.1, 0.15) is 5.82 Å². The van der Waals surface area contributed by atoms with E-state index < -0.39 is 5.82 Å². The molecule has 1 heterocycles. The minimum absolute atomic E-state index is 0.116. The zero-order valence-electron chi connectivity index (χ0n) is 9.78. The molecule has 1 aromatic carbocycles. The minimum Gasteiger partial charge on any atom is -0.335 e. The molecule has 17 heavy (non-hydrogen) atoms. The van der Waals surface area contributed by atoms with E-state index in [4.69, 9.17) is 0 Å². The van der Waals surface area contributed by atoms with Gasteiger partial charge in [0.15, 0.2) is 0 Å². The van der Waals surface area contributed by atoms with E-state index in [1.165, 1.54) is 6.07 Å². The van der Waals surface area contributed by atoms with Crippen molar-refractivity contribution in [3.63, 3.8) is 0 Å². The van der Waals surface area contributed by atoms with Crippen LogP contribution in [-0.4, -0.2) is 48.9 Å². The SMILES string of the molecule is CN(C)C1CN(C(=O)c2cccc(F)c2Br)C1. The quantitative estimate of drug-likeness (QED) is 0.834. The second-order valence-electron chi connectivity index (χ2n) is 4.43. The highest BCUT2D eigenvalue weighted by Crippen LogP contribution is 2.24. The summed E-state index contributed by atoms with van der Waals surface area (Å²) in [6.07, 6.45) is 0. The van der Waals surface area contributed by atoms with Gasteiger partial charge in [-0.15, -0.1) is 0 Å². The van der Waals surface area contributed by atoms with E-state index >= 15 is 0 Å². The second-order valence-corrected chi connectivity index (χ2v) is 5.22. The maximum atomic E-state index is 13.3. The molecule has 0 atom stereocenters. The van der Waals surface area contributed by atoms with Crippen molar-refractivity contribution >= 4 is 21.8 Å². The predicted molar refractivity (Wildman–Crippen MR) is 67.5 cm³/mol. The van der Waals surface area contributed by atoms with E-state index in [-0.39, 0.29) is 10.4 Å². The van der Waals surface area contributed by atoms with Gasteiger partial charge >= 0.3 is 0 Å². The Hall–Kier alpha value is -0.940. The zero-order chi connectivity index (χ0) is 12.6. The van der Waals surface area contributed by atoms with Crippen molar-refractivity contribution in [2.75, 3.05) is 27.2 Å². The van der Waals surface area contributed by atoms with E-state index in [1.807, 2.05) is 14.1 Å². The van der Waals surface area contributed by atoms with Crippen molar-refractivity contribution < 1.29 is 9.18 Å². The monoisotopic (exact) mass is 300 g/mol. The summed E-state index contributed by atoms with van der Waals surface area (Å²) in [5, 5.41) is 0. The smallest absolute Gasteiger partial charge is 0.255 e. The van der Waals surface area contributed by atoms with Crippen LogP contribution in [0.2, 0.25) is 0 Å². The summed E-state index contributed by atoms with van der Waals surface area (Å²) in [7, 11) is 3.98. The van der Waals surface area contributed by atoms with Gasteiger partial charge in [0.2, 0.25) is 0 Å². The first-order chi connectivity index (χ1) is 8.00. The third-order valence-corrected chi connectivity index (χ3v) is 3.87. The van der Waals surface area contributed by atoms with Crippen molar-refractivity contribution in [1.82, 2.24) is 9.80 Å². The molecule has 1 aliphatic heterocycles. The number of hydrogen-bond donors (Lipinski definition) is 0. The van der Waals surface area contributed by atoms with Gasteiger partial charge in [0, 0.05) is 19.1 Å². The van der Waals surface area contributed by atoms with E-state index in [0.29, 0.717) is 24.7 Å². The number of hydrogen-bond acceptors (Lipinski definition) is 2. The van der Waals surface area contributed by atoms with Gasteiger partial charge in [0.05, 0.1) is 10.0 Å². The first-order valence-electron chi connectivity index (χ1n) is 5.40. The van der Waals surface area contributed by atoms with E-state index in [1.54, 1.807) is 17.0 Å². The normalized spacial score (nSPS) is 16.2. The number of likely N-dealkylation sites (tertiary alicyclic amines) is 1. The highest BCUT2D eigenvalue weighted by Gasteiger charge is 2.33. The molecular weight excluding hydrogens is 287 g/mol. The Labute approximate surface area is 108 Å². The number of rotatable bonds is 2. The van der Waals surface area contributed by atoms with E-state index in [0.717, 1.165) is 0 Å². The largest absolute Gasteiger partial charge is 0.335 e. The lowest BCUT2D eigenvalue weighted by atomic mass is 10.1. The van der Waals surface area contributed by atoms with Crippen LogP contribution in [0.1, 0.15) is 10.4 Å². The molecule has 0 N–H and O–H groups in total. The van der Waals surface area contributed by atoms with E-state index in [2.05, 4.69) is 20.8 Å². The Morgan fingerprint density at radius 1 is 1.47 bits per heavy atom. The van der Waals surface area contributed by atoms with Crippen molar-refractivity contribution in [3.05, 3.63) is 34.1 Å². The van der Waals surface area contributed by atoms with Crippen LogP contribution in [0, 0.1) is 5.82 Å². The Bertz CT molecular complexity index is 444. The Kier molecular flexibility index (Phi) is 3.49. The summed E-state index contributed by atoms with van der Waals surface area (Å²) in [5.74, 6) is -0.519. The van der Waals surface area contributed by atoms with Crippen LogP contribution in [0.4, 0.5) is 4.39 Å². The molecule has 0 unspecified atom stereocenters. The maximum absolute atomic E-state index is 13.3. The summed E-state index contributed by atoms with van der Waals surface area (Å²) < 4.78 is 13.6. The lowest BCUT2D eigenvalue weighted by Gasteiger charge is -2.42. The summed E-state index contributed by atoms with van der Waals surface area (Å²) in [6, 6.07) is 4.93. The van der Waals surface area contributed by atoms with Crippen LogP contribution in [0.15, 0.2) is 22.7 Å². The molecule has 0 radical (unpaired) electrons.